The van der Waals surface area contributed by atoms with Gasteiger partial charge in [-0.2, -0.15) is 0 Å². The maximum atomic E-state index is 11.8. The lowest BCUT2D eigenvalue weighted by molar-refractivity contribution is 0.965. The number of hydrogen-bond donors (Lipinski definition) is 2. The molecule has 19 heavy (non-hydrogen) atoms. The molecule has 4 nitrogen and oxygen atoms in total. The highest BCUT2D eigenvalue weighted by molar-refractivity contribution is 5.78. The minimum atomic E-state index is -0.0786. The van der Waals surface area contributed by atoms with Crippen LogP contribution in [-0.4, -0.2) is 15.0 Å². The van der Waals surface area contributed by atoms with E-state index in [2.05, 4.69) is 46.1 Å². The summed E-state index contributed by atoms with van der Waals surface area (Å²) in [5.41, 5.74) is 4.13. The van der Waals surface area contributed by atoms with E-state index in [1.54, 1.807) is 0 Å². The largest absolute Gasteiger partial charge is 0.346 e. The molecule has 0 radical (unpaired) electrons. The second-order valence-electron chi connectivity index (χ2n) is 4.75. The van der Waals surface area contributed by atoms with Crippen molar-refractivity contribution in [1.82, 2.24) is 15.0 Å². The zero-order valence-electron chi connectivity index (χ0n) is 10.7. The van der Waals surface area contributed by atoms with E-state index in [9.17, 15) is 4.79 Å². The van der Waals surface area contributed by atoms with Gasteiger partial charge in [0.15, 0.2) is 0 Å². The highest BCUT2D eigenvalue weighted by Crippen LogP contribution is 2.14. The summed E-state index contributed by atoms with van der Waals surface area (Å²) >= 11 is 0. The van der Waals surface area contributed by atoms with Crippen LogP contribution in [0.1, 0.15) is 16.7 Å². The third kappa shape index (κ3) is 2.29. The summed E-state index contributed by atoms with van der Waals surface area (Å²) < 4.78 is 0. The molecule has 0 saturated heterocycles. The van der Waals surface area contributed by atoms with E-state index >= 15 is 0 Å². The van der Waals surface area contributed by atoms with Gasteiger partial charge in [-0.1, -0.05) is 29.8 Å². The van der Waals surface area contributed by atoms with Gasteiger partial charge in [0.1, 0.15) is 5.65 Å². The smallest absolute Gasteiger partial charge is 0.260 e. The van der Waals surface area contributed by atoms with E-state index in [-0.39, 0.29) is 5.56 Å². The third-order valence-electron chi connectivity index (χ3n) is 3.36. The zero-order valence-corrected chi connectivity index (χ0v) is 10.7. The van der Waals surface area contributed by atoms with Crippen molar-refractivity contribution in [2.75, 3.05) is 0 Å². The van der Waals surface area contributed by atoms with Crippen LogP contribution in [0, 0.1) is 6.92 Å². The summed E-state index contributed by atoms with van der Waals surface area (Å²) in [5.74, 6) is 0. The molecule has 3 rings (SSSR count). The van der Waals surface area contributed by atoms with Crippen LogP contribution in [0.5, 0.6) is 0 Å². The van der Waals surface area contributed by atoms with Gasteiger partial charge < -0.3 is 9.97 Å². The first-order chi connectivity index (χ1) is 9.24. The van der Waals surface area contributed by atoms with E-state index < -0.39 is 0 Å². The van der Waals surface area contributed by atoms with Crippen molar-refractivity contribution in [2.45, 2.75) is 19.8 Å². The van der Waals surface area contributed by atoms with Gasteiger partial charge in [-0.3, -0.25) is 4.79 Å². The van der Waals surface area contributed by atoms with E-state index in [0.29, 0.717) is 11.0 Å². The van der Waals surface area contributed by atoms with E-state index in [0.717, 1.165) is 18.4 Å². The fourth-order valence-corrected chi connectivity index (χ4v) is 2.27. The molecule has 2 heterocycles. The van der Waals surface area contributed by atoms with Gasteiger partial charge in [0.25, 0.3) is 5.56 Å². The van der Waals surface area contributed by atoms with Gasteiger partial charge in [-0.05, 0) is 30.9 Å². The molecule has 2 aromatic heterocycles. The second kappa shape index (κ2) is 4.72. The van der Waals surface area contributed by atoms with Crippen molar-refractivity contribution in [3.8, 4) is 0 Å². The van der Waals surface area contributed by atoms with Gasteiger partial charge in [0, 0.05) is 6.20 Å². The maximum Gasteiger partial charge on any atom is 0.260 e. The monoisotopic (exact) mass is 253 g/mol. The normalized spacial score (nSPS) is 11.0. The summed E-state index contributed by atoms with van der Waals surface area (Å²) in [6.07, 6.45) is 5.05. The highest BCUT2D eigenvalue weighted by Gasteiger charge is 2.08. The predicted octanol–water partition coefficient (Wildman–Crippen LogP) is 2.34. The maximum absolute atomic E-state index is 11.8. The lowest BCUT2D eigenvalue weighted by Gasteiger charge is -2.01. The Kier molecular flexibility index (Phi) is 2.91. The molecule has 2 N–H and O–H groups in total. The minimum Gasteiger partial charge on any atom is -0.346 e. The lowest BCUT2D eigenvalue weighted by Crippen LogP contribution is -2.07. The average Bonchev–Trinajstić information content (AvgIpc) is 2.83. The summed E-state index contributed by atoms with van der Waals surface area (Å²) in [6, 6.07) is 8.48. The molecule has 96 valence electrons. The van der Waals surface area contributed by atoms with Crippen LogP contribution in [0.4, 0.5) is 0 Å². The molecule has 0 spiro atoms. The lowest BCUT2D eigenvalue weighted by atomic mass is 10.0. The first-order valence-electron chi connectivity index (χ1n) is 6.33. The third-order valence-corrected chi connectivity index (χ3v) is 3.36. The standard InChI is InChI=1S/C15H15N3O/c1-10-2-4-11(5-3-10)6-7-12-8-16-14-13(12)15(19)18-9-17-14/h2-5,8-9H,6-7H2,1H3,(H2,16,17,18,19). The van der Waals surface area contributed by atoms with Gasteiger partial charge in [-0.25, -0.2) is 4.98 Å². The first kappa shape index (κ1) is 11.7. The average molecular weight is 253 g/mol. The summed E-state index contributed by atoms with van der Waals surface area (Å²) in [5, 5.41) is 0.676. The summed E-state index contributed by atoms with van der Waals surface area (Å²) in [4.78, 5) is 21.6. The second-order valence-corrected chi connectivity index (χ2v) is 4.75. The number of aromatic nitrogens is 3. The molecule has 0 amide bonds. The Morgan fingerprint density at radius 1 is 1.11 bits per heavy atom. The number of hydrogen-bond acceptors (Lipinski definition) is 2. The fraction of sp³-hybridized carbons (Fsp3) is 0.200. The SMILES string of the molecule is Cc1ccc(CCc2c[nH]c3nc[nH]c(=O)c23)cc1. The summed E-state index contributed by atoms with van der Waals surface area (Å²) in [6.45, 7) is 2.08. The Hall–Kier alpha value is -2.36. The van der Waals surface area contributed by atoms with Crippen LogP contribution in [0.15, 0.2) is 41.6 Å². The van der Waals surface area contributed by atoms with Gasteiger partial charge in [0.2, 0.25) is 0 Å². The number of nitrogens with zero attached hydrogens (tertiary/aromatic N) is 1. The van der Waals surface area contributed by atoms with Crippen molar-refractivity contribution >= 4 is 11.0 Å². The van der Waals surface area contributed by atoms with Crippen molar-refractivity contribution in [1.29, 1.82) is 0 Å². The van der Waals surface area contributed by atoms with Crippen LogP contribution < -0.4 is 5.56 Å². The number of fused-ring (bicyclic) bond motifs is 1. The van der Waals surface area contributed by atoms with Crippen molar-refractivity contribution in [3.63, 3.8) is 0 Å². The molecule has 4 heteroatoms. The fourth-order valence-electron chi connectivity index (χ4n) is 2.27. The van der Waals surface area contributed by atoms with Crippen LogP contribution in [0.25, 0.3) is 11.0 Å². The Morgan fingerprint density at radius 2 is 1.89 bits per heavy atom. The molecule has 0 aliphatic carbocycles. The number of nitrogens with one attached hydrogen (secondary N) is 2. The molecule has 3 aromatic rings. The Bertz CT molecular complexity index is 753. The van der Waals surface area contributed by atoms with Crippen LogP contribution in [0.3, 0.4) is 0 Å². The van der Waals surface area contributed by atoms with Gasteiger partial charge in [0.05, 0.1) is 11.7 Å². The summed E-state index contributed by atoms with van der Waals surface area (Å²) in [7, 11) is 0. The van der Waals surface area contributed by atoms with Gasteiger partial charge in [-0.15, -0.1) is 0 Å². The van der Waals surface area contributed by atoms with Crippen LogP contribution in [-0.2, 0) is 12.8 Å². The van der Waals surface area contributed by atoms with Crippen LogP contribution in [0.2, 0.25) is 0 Å². The molecule has 1 aromatic carbocycles. The molecule has 0 aliphatic rings. The van der Waals surface area contributed by atoms with Crippen molar-refractivity contribution in [2.24, 2.45) is 0 Å². The Labute approximate surface area is 110 Å². The molecule has 0 fully saturated rings. The molecule has 0 saturated carbocycles. The predicted molar refractivity (Wildman–Crippen MR) is 75.3 cm³/mol. The molecule has 0 atom stereocenters. The van der Waals surface area contributed by atoms with E-state index in [4.69, 9.17) is 0 Å². The quantitative estimate of drug-likeness (QED) is 0.752. The number of rotatable bonds is 3. The van der Waals surface area contributed by atoms with E-state index in [1.807, 2.05) is 6.20 Å². The van der Waals surface area contributed by atoms with E-state index in [1.165, 1.54) is 17.5 Å². The van der Waals surface area contributed by atoms with Crippen molar-refractivity contribution < 1.29 is 0 Å². The number of benzene rings is 1. The zero-order chi connectivity index (χ0) is 13.2. The Morgan fingerprint density at radius 3 is 2.68 bits per heavy atom. The molecular weight excluding hydrogens is 238 g/mol. The van der Waals surface area contributed by atoms with Crippen molar-refractivity contribution in [3.05, 3.63) is 63.8 Å². The molecular formula is C15H15N3O. The number of aromatic amines is 2. The molecule has 0 bridgehead atoms. The first-order valence-corrected chi connectivity index (χ1v) is 6.33. The minimum absolute atomic E-state index is 0.0786. The number of H-pyrrole nitrogens is 2. The molecule has 0 aliphatic heterocycles. The van der Waals surface area contributed by atoms with Gasteiger partial charge >= 0.3 is 0 Å². The Balaban J connectivity index is 1.86. The topological polar surface area (TPSA) is 61.5 Å². The van der Waals surface area contributed by atoms with Crippen LogP contribution >= 0.6 is 0 Å². The molecule has 0 unspecified atom stereocenters. The highest BCUT2D eigenvalue weighted by atomic mass is 16.1. The number of aryl methyl sites for hydroxylation is 3.